The summed E-state index contributed by atoms with van der Waals surface area (Å²) in [5.74, 6) is 2.14. The van der Waals surface area contributed by atoms with Gasteiger partial charge in [0.1, 0.15) is 5.75 Å². The maximum absolute atomic E-state index is 5.58. The first-order valence-electron chi connectivity index (χ1n) is 6.16. The Bertz CT molecular complexity index is 474. The number of ether oxygens (including phenoxy) is 2. The van der Waals surface area contributed by atoms with Crippen LogP contribution in [0.25, 0.3) is 0 Å². The van der Waals surface area contributed by atoms with Crippen LogP contribution in [0.2, 0.25) is 0 Å². The second kappa shape index (κ2) is 7.20. The fourth-order valence-corrected chi connectivity index (χ4v) is 1.49. The normalized spacial score (nSPS) is 9.95. The highest BCUT2D eigenvalue weighted by atomic mass is 16.5. The minimum atomic E-state index is 0.598. The monoisotopic (exact) mass is 259 g/mol. The molecule has 0 amide bonds. The van der Waals surface area contributed by atoms with E-state index >= 15 is 0 Å². The summed E-state index contributed by atoms with van der Waals surface area (Å²) in [5.41, 5.74) is 0. The molecule has 1 heterocycles. The SMILES string of the molecule is COc1cnc(NCCCOc2ccccc2)nc1. The van der Waals surface area contributed by atoms with Gasteiger partial charge in [-0.3, -0.25) is 0 Å². The van der Waals surface area contributed by atoms with Crippen molar-refractivity contribution in [2.24, 2.45) is 0 Å². The number of para-hydroxylation sites is 1. The number of rotatable bonds is 7. The molecule has 0 saturated carbocycles. The predicted molar refractivity (Wildman–Crippen MR) is 73.6 cm³/mol. The van der Waals surface area contributed by atoms with Crippen LogP contribution in [-0.2, 0) is 0 Å². The molecule has 0 aliphatic carbocycles. The summed E-state index contributed by atoms with van der Waals surface area (Å²) in [5, 5.41) is 3.12. The Labute approximate surface area is 112 Å². The minimum Gasteiger partial charge on any atom is -0.494 e. The Kier molecular flexibility index (Phi) is 4.98. The highest BCUT2D eigenvalue weighted by Crippen LogP contribution is 2.09. The lowest BCUT2D eigenvalue weighted by Crippen LogP contribution is -2.09. The summed E-state index contributed by atoms with van der Waals surface area (Å²) in [7, 11) is 1.59. The molecule has 2 aromatic rings. The molecule has 2 rings (SSSR count). The molecule has 0 bridgehead atoms. The molecule has 1 aromatic carbocycles. The number of nitrogens with one attached hydrogen (secondary N) is 1. The van der Waals surface area contributed by atoms with Gasteiger partial charge in [0, 0.05) is 6.54 Å². The van der Waals surface area contributed by atoms with Gasteiger partial charge >= 0.3 is 0 Å². The summed E-state index contributed by atoms with van der Waals surface area (Å²) in [6.07, 6.45) is 4.15. The van der Waals surface area contributed by atoms with Gasteiger partial charge in [-0.25, -0.2) is 9.97 Å². The van der Waals surface area contributed by atoms with E-state index in [0.717, 1.165) is 18.7 Å². The van der Waals surface area contributed by atoms with Gasteiger partial charge in [0.15, 0.2) is 5.75 Å². The Morgan fingerprint density at radius 3 is 2.47 bits per heavy atom. The number of hydrogen-bond acceptors (Lipinski definition) is 5. The van der Waals surface area contributed by atoms with Crippen LogP contribution in [0, 0.1) is 0 Å². The van der Waals surface area contributed by atoms with Gasteiger partial charge in [0.05, 0.1) is 26.1 Å². The number of aromatic nitrogens is 2. The average molecular weight is 259 g/mol. The van der Waals surface area contributed by atoms with E-state index in [4.69, 9.17) is 9.47 Å². The largest absolute Gasteiger partial charge is 0.494 e. The molecule has 0 radical (unpaired) electrons. The lowest BCUT2D eigenvalue weighted by Gasteiger charge is -2.07. The zero-order valence-corrected chi connectivity index (χ0v) is 10.9. The molecule has 0 aliphatic rings. The van der Waals surface area contributed by atoms with Gasteiger partial charge in [-0.05, 0) is 18.6 Å². The second-order valence-electron chi connectivity index (χ2n) is 3.89. The summed E-state index contributed by atoms with van der Waals surface area (Å²) >= 11 is 0. The van der Waals surface area contributed by atoms with E-state index < -0.39 is 0 Å². The van der Waals surface area contributed by atoms with Crippen LogP contribution in [0.1, 0.15) is 6.42 Å². The molecule has 5 nitrogen and oxygen atoms in total. The van der Waals surface area contributed by atoms with Crippen molar-refractivity contribution >= 4 is 5.95 Å². The van der Waals surface area contributed by atoms with Crippen LogP contribution < -0.4 is 14.8 Å². The standard InChI is InChI=1S/C14H17N3O2/c1-18-13-10-16-14(17-11-13)15-8-5-9-19-12-6-3-2-4-7-12/h2-4,6-7,10-11H,5,8-9H2,1H3,(H,15,16,17). The average Bonchev–Trinajstić information content (AvgIpc) is 2.49. The van der Waals surface area contributed by atoms with E-state index in [1.54, 1.807) is 19.5 Å². The highest BCUT2D eigenvalue weighted by Gasteiger charge is 1.97. The van der Waals surface area contributed by atoms with E-state index in [1.165, 1.54) is 0 Å². The van der Waals surface area contributed by atoms with Crippen molar-refractivity contribution < 1.29 is 9.47 Å². The van der Waals surface area contributed by atoms with Gasteiger partial charge in [-0.15, -0.1) is 0 Å². The maximum atomic E-state index is 5.58. The van der Waals surface area contributed by atoms with E-state index in [1.807, 2.05) is 30.3 Å². The molecule has 1 aromatic heterocycles. The number of nitrogens with zero attached hydrogens (tertiary/aromatic N) is 2. The maximum Gasteiger partial charge on any atom is 0.222 e. The first kappa shape index (κ1) is 13.1. The summed E-state index contributed by atoms with van der Waals surface area (Å²) in [6.45, 7) is 1.42. The van der Waals surface area contributed by atoms with Crippen molar-refractivity contribution in [2.75, 3.05) is 25.6 Å². The molecule has 0 saturated heterocycles. The van der Waals surface area contributed by atoms with E-state index in [9.17, 15) is 0 Å². The van der Waals surface area contributed by atoms with Crippen LogP contribution in [0.5, 0.6) is 11.5 Å². The molecule has 0 fully saturated rings. The van der Waals surface area contributed by atoms with Crippen LogP contribution in [0.15, 0.2) is 42.7 Å². The smallest absolute Gasteiger partial charge is 0.222 e. The molecule has 100 valence electrons. The topological polar surface area (TPSA) is 56.3 Å². The Balaban J connectivity index is 1.63. The molecule has 19 heavy (non-hydrogen) atoms. The first-order valence-corrected chi connectivity index (χ1v) is 6.16. The molecular formula is C14H17N3O2. The Morgan fingerprint density at radius 2 is 1.79 bits per heavy atom. The van der Waals surface area contributed by atoms with Crippen LogP contribution in [0.4, 0.5) is 5.95 Å². The third-order valence-corrected chi connectivity index (χ3v) is 2.48. The summed E-state index contributed by atoms with van der Waals surface area (Å²) in [4.78, 5) is 8.23. The lowest BCUT2D eigenvalue weighted by atomic mass is 10.3. The van der Waals surface area contributed by atoms with Crippen LogP contribution in [0.3, 0.4) is 0 Å². The van der Waals surface area contributed by atoms with Crippen molar-refractivity contribution in [3.05, 3.63) is 42.7 Å². The number of methoxy groups -OCH3 is 1. The van der Waals surface area contributed by atoms with Crippen molar-refractivity contribution in [3.8, 4) is 11.5 Å². The Hall–Kier alpha value is -2.30. The molecule has 5 heteroatoms. The molecule has 0 atom stereocenters. The minimum absolute atomic E-state index is 0.598. The van der Waals surface area contributed by atoms with Crippen molar-refractivity contribution in [3.63, 3.8) is 0 Å². The van der Waals surface area contributed by atoms with Gasteiger partial charge < -0.3 is 14.8 Å². The van der Waals surface area contributed by atoms with Gasteiger partial charge in [0.2, 0.25) is 5.95 Å². The van der Waals surface area contributed by atoms with Crippen molar-refractivity contribution in [2.45, 2.75) is 6.42 Å². The fourth-order valence-electron chi connectivity index (χ4n) is 1.49. The highest BCUT2D eigenvalue weighted by molar-refractivity contribution is 5.26. The molecule has 0 unspecified atom stereocenters. The number of anilines is 1. The third kappa shape index (κ3) is 4.46. The second-order valence-corrected chi connectivity index (χ2v) is 3.89. The van der Waals surface area contributed by atoms with Crippen LogP contribution in [-0.4, -0.2) is 30.2 Å². The number of benzene rings is 1. The van der Waals surface area contributed by atoms with E-state index in [0.29, 0.717) is 18.3 Å². The lowest BCUT2D eigenvalue weighted by molar-refractivity contribution is 0.315. The molecule has 0 spiro atoms. The van der Waals surface area contributed by atoms with Crippen molar-refractivity contribution in [1.29, 1.82) is 0 Å². The third-order valence-electron chi connectivity index (χ3n) is 2.48. The Morgan fingerprint density at radius 1 is 1.05 bits per heavy atom. The van der Waals surface area contributed by atoms with Gasteiger partial charge in [-0.2, -0.15) is 0 Å². The number of hydrogen-bond donors (Lipinski definition) is 1. The van der Waals surface area contributed by atoms with E-state index in [2.05, 4.69) is 15.3 Å². The van der Waals surface area contributed by atoms with Crippen molar-refractivity contribution in [1.82, 2.24) is 9.97 Å². The van der Waals surface area contributed by atoms with Crippen LogP contribution >= 0.6 is 0 Å². The zero-order valence-electron chi connectivity index (χ0n) is 10.9. The van der Waals surface area contributed by atoms with E-state index in [-0.39, 0.29) is 0 Å². The zero-order chi connectivity index (χ0) is 13.3. The summed E-state index contributed by atoms with van der Waals surface area (Å²) < 4.78 is 10.6. The molecule has 0 aliphatic heterocycles. The first-order chi connectivity index (χ1) is 9.38. The molecular weight excluding hydrogens is 242 g/mol. The predicted octanol–water partition coefficient (Wildman–Crippen LogP) is 2.37. The quantitative estimate of drug-likeness (QED) is 0.774. The van der Waals surface area contributed by atoms with Gasteiger partial charge in [0.25, 0.3) is 0 Å². The van der Waals surface area contributed by atoms with Gasteiger partial charge in [-0.1, -0.05) is 18.2 Å². The fraction of sp³-hybridized carbons (Fsp3) is 0.286. The summed E-state index contributed by atoms with van der Waals surface area (Å²) in [6, 6.07) is 9.77. The molecule has 1 N–H and O–H groups in total.